The molecule has 0 aromatic rings. The van der Waals surface area contributed by atoms with Crippen molar-refractivity contribution in [1.29, 1.82) is 0 Å². The number of morpholine rings is 1. The van der Waals surface area contributed by atoms with Crippen LogP contribution in [0.1, 0.15) is 6.42 Å². The minimum absolute atomic E-state index is 0.160. The highest BCUT2D eigenvalue weighted by Crippen LogP contribution is 2.09. The van der Waals surface area contributed by atoms with Gasteiger partial charge >= 0.3 is 0 Å². The van der Waals surface area contributed by atoms with Crippen molar-refractivity contribution in [2.45, 2.75) is 12.5 Å². The normalized spacial score (nSPS) is 28.3. The Morgan fingerprint density at radius 2 is 2.07 bits per heavy atom. The van der Waals surface area contributed by atoms with Crippen molar-refractivity contribution in [2.75, 3.05) is 45.9 Å². The van der Waals surface area contributed by atoms with Crippen molar-refractivity contribution < 1.29 is 14.6 Å². The van der Waals surface area contributed by atoms with Gasteiger partial charge in [-0.05, 0) is 6.42 Å². The minimum atomic E-state index is -0.248. The van der Waals surface area contributed by atoms with Crippen LogP contribution >= 0.6 is 0 Å². The molecule has 0 bridgehead atoms. The molecule has 0 radical (unpaired) electrons. The van der Waals surface area contributed by atoms with Gasteiger partial charge in [0, 0.05) is 26.2 Å². The number of β-amino-alcohol motifs (C(OH)–C–C–N with tert-alkyl or cyclic N) is 1. The van der Waals surface area contributed by atoms with Gasteiger partial charge in [-0.1, -0.05) is 0 Å². The molecule has 2 heterocycles. The van der Waals surface area contributed by atoms with Gasteiger partial charge in [0.05, 0.1) is 25.9 Å². The van der Waals surface area contributed by atoms with Gasteiger partial charge < -0.3 is 14.7 Å². The van der Waals surface area contributed by atoms with Crippen molar-refractivity contribution in [3.8, 4) is 0 Å². The van der Waals surface area contributed by atoms with Crippen LogP contribution in [0.15, 0.2) is 0 Å². The van der Waals surface area contributed by atoms with E-state index in [2.05, 4.69) is 0 Å². The predicted molar refractivity (Wildman–Crippen MR) is 54.5 cm³/mol. The molecule has 2 aliphatic rings. The van der Waals surface area contributed by atoms with E-state index in [9.17, 15) is 9.90 Å². The third-order valence-corrected chi connectivity index (χ3v) is 2.97. The summed E-state index contributed by atoms with van der Waals surface area (Å²) in [5.74, 6) is 0.160. The van der Waals surface area contributed by atoms with Crippen LogP contribution in [0.4, 0.5) is 0 Å². The van der Waals surface area contributed by atoms with Crippen LogP contribution in [0.25, 0.3) is 0 Å². The minimum Gasteiger partial charge on any atom is -0.392 e. The quantitative estimate of drug-likeness (QED) is 0.635. The van der Waals surface area contributed by atoms with Crippen LogP contribution in [0, 0.1) is 0 Å². The van der Waals surface area contributed by atoms with E-state index in [1.165, 1.54) is 0 Å². The zero-order valence-electron chi connectivity index (χ0n) is 8.89. The number of hydrogen-bond acceptors (Lipinski definition) is 4. The molecule has 0 saturated carbocycles. The number of amides is 1. The Morgan fingerprint density at radius 3 is 2.67 bits per heavy atom. The van der Waals surface area contributed by atoms with Gasteiger partial charge in [0.25, 0.3) is 0 Å². The number of likely N-dealkylation sites (tertiary alicyclic amines) is 1. The molecule has 0 unspecified atom stereocenters. The number of ether oxygens (including phenoxy) is 1. The highest BCUT2D eigenvalue weighted by molar-refractivity contribution is 5.78. The van der Waals surface area contributed by atoms with Crippen molar-refractivity contribution in [3.05, 3.63) is 0 Å². The van der Waals surface area contributed by atoms with E-state index in [1.54, 1.807) is 0 Å². The first kappa shape index (κ1) is 10.9. The molecular formula is C10H18N2O3. The Labute approximate surface area is 89.6 Å². The molecule has 1 amide bonds. The first-order valence-electron chi connectivity index (χ1n) is 5.51. The average Bonchev–Trinajstić information content (AvgIpc) is 2.65. The molecule has 0 aromatic carbocycles. The summed E-state index contributed by atoms with van der Waals surface area (Å²) in [4.78, 5) is 15.7. The lowest BCUT2D eigenvalue weighted by Crippen LogP contribution is -2.45. The van der Waals surface area contributed by atoms with Crippen LogP contribution < -0.4 is 0 Å². The van der Waals surface area contributed by atoms with Crippen molar-refractivity contribution in [2.24, 2.45) is 0 Å². The van der Waals surface area contributed by atoms with E-state index >= 15 is 0 Å². The lowest BCUT2D eigenvalue weighted by molar-refractivity contribution is -0.136. The first-order valence-corrected chi connectivity index (χ1v) is 5.51. The van der Waals surface area contributed by atoms with Crippen LogP contribution in [0.3, 0.4) is 0 Å². The standard InChI is InChI=1S/C10H18N2O3/c13-9-1-2-11(7-9)8-10(14)12-3-5-15-6-4-12/h9,13H,1-8H2/t9-/m1/s1. The molecule has 5 nitrogen and oxygen atoms in total. The van der Waals surface area contributed by atoms with Gasteiger partial charge in [-0.25, -0.2) is 0 Å². The number of carbonyl (C=O) groups excluding carboxylic acids is 1. The Kier molecular flexibility index (Phi) is 3.56. The van der Waals surface area contributed by atoms with Gasteiger partial charge in [0.2, 0.25) is 5.91 Å². The Hall–Kier alpha value is -0.650. The molecular weight excluding hydrogens is 196 g/mol. The fraction of sp³-hybridized carbons (Fsp3) is 0.900. The molecule has 0 aromatic heterocycles. The Bertz CT molecular complexity index is 229. The van der Waals surface area contributed by atoms with E-state index in [0.717, 1.165) is 13.0 Å². The van der Waals surface area contributed by atoms with Crippen LogP contribution in [-0.2, 0) is 9.53 Å². The largest absolute Gasteiger partial charge is 0.392 e. The maximum absolute atomic E-state index is 11.8. The molecule has 1 N–H and O–H groups in total. The average molecular weight is 214 g/mol. The van der Waals surface area contributed by atoms with Crippen molar-refractivity contribution in [1.82, 2.24) is 9.80 Å². The second-order valence-corrected chi connectivity index (χ2v) is 4.17. The topological polar surface area (TPSA) is 53.0 Å². The van der Waals surface area contributed by atoms with Gasteiger partial charge in [0.15, 0.2) is 0 Å². The highest BCUT2D eigenvalue weighted by atomic mass is 16.5. The molecule has 2 fully saturated rings. The summed E-state index contributed by atoms with van der Waals surface area (Å²) in [7, 11) is 0. The van der Waals surface area contributed by atoms with E-state index < -0.39 is 0 Å². The maximum atomic E-state index is 11.8. The fourth-order valence-electron chi connectivity index (χ4n) is 2.06. The summed E-state index contributed by atoms with van der Waals surface area (Å²) in [6.07, 6.45) is 0.540. The lowest BCUT2D eigenvalue weighted by Gasteiger charge is -2.28. The molecule has 5 heteroatoms. The number of aliphatic hydroxyl groups excluding tert-OH is 1. The van der Waals surface area contributed by atoms with E-state index in [0.29, 0.717) is 39.4 Å². The van der Waals surface area contributed by atoms with E-state index in [4.69, 9.17) is 4.74 Å². The monoisotopic (exact) mass is 214 g/mol. The second kappa shape index (κ2) is 4.92. The Morgan fingerprint density at radius 1 is 1.33 bits per heavy atom. The fourth-order valence-corrected chi connectivity index (χ4v) is 2.06. The number of hydrogen-bond donors (Lipinski definition) is 1. The summed E-state index contributed by atoms with van der Waals surface area (Å²) < 4.78 is 5.19. The highest BCUT2D eigenvalue weighted by Gasteiger charge is 2.24. The molecule has 2 rings (SSSR count). The van der Waals surface area contributed by atoms with Gasteiger partial charge in [-0.3, -0.25) is 9.69 Å². The molecule has 0 spiro atoms. The van der Waals surface area contributed by atoms with Crippen molar-refractivity contribution >= 4 is 5.91 Å². The number of carbonyl (C=O) groups is 1. The number of rotatable bonds is 2. The van der Waals surface area contributed by atoms with Crippen LogP contribution in [0.5, 0.6) is 0 Å². The summed E-state index contributed by atoms with van der Waals surface area (Å²) in [5, 5.41) is 9.34. The van der Waals surface area contributed by atoms with Crippen LogP contribution in [-0.4, -0.2) is 72.9 Å². The summed E-state index contributed by atoms with van der Waals surface area (Å²) in [6, 6.07) is 0. The molecule has 0 aliphatic carbocycles. The zero-order chi connectivity index (χ0) is 10.7. The lowest BCUT2D eigenvalue weighted by atomic mass is 10.3. The molecule has 1 atom stereocenters. The Balaban J connectivity index is 1.76. The smallest absolute Gasteiger partial charge is 0.236 e. The number of nitrogens with zero attached hydrogens (tertiary/aromatic N) is 2. The van der Waals surface area contributed by atoms with Crippen molar-refractivity contribution in [3.63, 3.8) is 0 Å². The molecule has 2 aliphatic heterocycles. The zero-order valence-corrected chi connectivity index (χ0v) is 8.89. The molecule has 86 valence electrons. The van der Waals surface area contributed by atoms with E-state index in [1.807, 2.05) is 9.80 Å². The summed E-state index contributed by atoms with van der Waals surface area (Å²) in [6.45, 7) is 4.61. The van der Waals surface area contributed by atoms with Gasteiger partial charge in [-0.15, -0.1) is 0 Å². The third kappa shape index (κ3) is 2.90. The summed E-state index contributed by atoms with van der Waals surface area (Å²) >= 11 is 0. The molecule has 2 saturated heterocycles. The molecule has 15 heavy (non-hydrogen) atoms. The van der Waals surface area contributed by atoms with E-state index in [-0.39, 0.29) is 12.0 Å². The number of aliphatic hydroxyl groups is 1. The second-order valence-electron chi connectivity index (χ2n) is 4.17. The first-order chi connectivity index (χ1) is 7.25. The SMILES string of the molecule is O=C(CN1CC[C@@H](O)C1)N1CCOCC1. The predicted octanol–water partition coefficient (Wildman–Crippen LogP) is -1.09. The van der Waals surface area contributed by atoms with Gasteiger partial charge in [0.1, 0.15) is 0 Å². The third-order valence-electron chi connectivity index (χ3n) is 2.97. The summed E-state index contributed by atoms with van der Waals surface area (Å²) in [5.41, 5.74) is 0. The maximum Gasteiger partial charge on any atom is 0.236 e. The van der Waals surface area contributed by atoms with Gasteiger partial charge in [-0.2, -0.15) is 0 Å². The van der Waals surface area contributed by atoms with Crippen LogP contribution in [0.2, 0.25) is 0 Å².